The summed E-state index contributed by atoms with van der Waals surface area (Å²) >= 11 is 0. The maximum Gasteiger partial charge on any atom is 0.255 e. The van der Waals surface area contributed by atoms with E-state index in [9.17, 15) is 9.59 Å². The molecule has 158 valence electrons. The number of anilines is 1. The summed E-state index contributed by atoms with van der Waals surface area (Å²) in [6.45, 7) is 6.93. The van der Waals surface area contributed by atoms with E-state index >= 15 is 0 Å². The zero-order chi connectivity index (χ0) is 21.7. The zero-order valence-electron chi connectivity index (χ0n) is 18.0. The van der Waals surface area contributed by atoms with E-state index in [4.69, 9.17) is 0 Å². The van der Waals surface area contributed by atoms with Crippen molar-refractivity contribution in [1.29, 1.82) is 0 Å². The van der Waals surface area contributed by atoms with Crippen LogP contribution >= 0.6 is 0 Å². The predicted molar refractivity (Wildman–Crippen MR) is 120 cm³/mol. The van der Waals surface area contributed by atoms with Crippen LogP contribution in [0.5, 0.6) is 0 Å². The molecule has 0 radical (unpaired) electrons. The number of carbonyl (C=O) groups is 2. The molecule has 0 spiro atoms. The summed E-state index contributed by atoms with van der Waals surface area (Å²) in [6, 6.07) is 14.6. The number of benzene rings is 2. The summed E-state index contributed by atoms with van der Waals surface area (Å²) in [7, 11) is 1.99. The molecule has 2 aromatic rings. The van der Waals surface area contributed by atoms with Gasteiger partial charge in [0.1, 0.15) is 0 Å². The molecule has 3 N–H and O–H groups in total. The Morgan fingerprint density at radius 2 is 1.73 bits per heavy atom. The average molecular weight is 407 g/mol. The van der Waals surface area contributed by atoms with E-state index in [2.05, 4.69) is 41.6 Å². The molecule has 2 aromatic carbocycles. The van der Waals surface area contributed by atoms with Crippen LogP contribution in [-0.4, -0.2) is 36.5 Å². The highest BCUT2D eigenvalue weighted by molar-refractivity contribution is 6.09. The zero-order valence-corrected chi connectivity index (χ0v) is 18.0. The van der Waals surface area contributed by atoms with Crippen molar-refractivity contribution in [2.24, 2.45) is 0 Å². The van der Waals surface area contributed by atoms with Crippen LogP contribution in [0.3, 0.4) is 0 Å². The minimum atomic E-state index is -0.237. The highest BCUT2D eigenvalue weighted by atomic mass is 16.2. The average Bonchev–Trinajstić information content (AvgIpc) is 3.12. The van der Waals surface area contributed by atoms with Gasteiger partial charge in [-0.25, -0.2) is 0 Å². The van der Waals surface area contributed by atoms with E-state index in [0.29, 0.717) is 23.4 Å². The summed E-state index contributed by atoms with van der Waals surface area (Å²) in [5, 5.41) is 9.04. The first-order valence-corrected chi connectivity index (χ1v) is 10.2. The van der Waals surface area contributed by atoms with Crippen LogP contribution in [0.25, 0.3) is 0 Å². The summed E-state index contributed by atoms with van der Waals surface area (Å²) in [4.78, 5) is 27.5. The standard InChI is InChI=1S/C24H30N4O2/c1-24(2,3)18-11-9-17(10-12-18)22(29)27-20-8-6-5-7-19(20)23(30)26-14-13-21-25-15-16-28(21)4/h5-12,15-16,21,25H,13-14H2,1-4H3,(H,26,30)(H,27,29). The summed E-state index contributed by atoms with van der Waals surface area (Å²) < 4.78 is 0. The van der Waals surface area contributed by atoms with Gasteiger partial charge in [0, 0.05) is 38.0 Å². The fraction of sp³-hybridized carbons (Fsp3) is 0.333. The smallest absolute Gasteiger partial charge is 0.255 e. The van der Waals surface area contributed by atoms with Gasteiger partial charge in [0.15, 0.2) is 0 Å². The number of para-hydroxylation sites is 1. The monoisotopic (exact) mass is 406 g/mol. The molecule has 0 bridgehead atoms. The summed E-state index contributed by atoms with van der Waals surface area (Å²) in [5.74, 6) is -0.443. The first-order chi connectivity index (χ1) is 14.3. The van der Waals surface area contributed by atoms with Crippen LogP contribution in [0.2, 0.25) is 0 Å². The van der Waals surface area contributed by atoms with Crippen LogP contribution in [0.15, 0.2) is 60.9 Å². The second-order valence-electron chi connectivity index (χ2n) is 8.54. The molecule has 0 saturated carbocycles. The number of rotatable bonds is 6. The van der Waals surface area contributed by atoms with Crippen molar-refractivity contribution in [2.45, 2.75) is 38.8 Å². The molecule has 1 aliphatic rings. The Morgan fingerprint density at radius 1 is 1.03 bits per heavy atom. The normalized spacial score (nSPS) is 15.6. The number of amides is 2. The van der Waals surface area contributed by atoms with Gasteiger partial charge in [0.2, 0.25) is 0 Å². The highest BCUT2D eigenvalue weighted by Gasteiger charge is 2.18. The van der Waals surface area contributed by atoms with Crippen LogP contribution in [0, 0.1) is 0 Å². The lowest BCUT2D eigenvalue weighted by atomic mass is 9.86. The minimum absolute atomic E-state index is 0.0264. The molecule has 3 rings (SSSR count). The van der Waals surface area contributed by atoms with Crippen LogP contribution < -0.4 is 16.0 Å². The van der Waals surface area contributed by atoms with E-state index in [1.165, 1.54) is 0 Å². The molecule has 1 heterocycles. The van der Waals surface area contributed by atoms with E-state index in [1.54, 1.807) is 24.3 Å². The SMILES string of the molecule is CN1C=CNC1CCNC(=O)c1ccccc1NC(=O)c1ccc(C(C)(C)C)cc1. The lowest BCUT2D eigenvalue weighted by Crippen LogP contribution is -2.37. The Bertz CT molecular complexity index is 929. The van der Waals surface area contributed by atoms with Crippen LogP contribution in [0.1, 0.15) is 53.5 Å². The fourth-order valence-corrected chi connectivity index (χ4v) is 3.30. The third kappa shape index (κ3) is 5.20. The van der Waals surface area contributed by atoms with Gasteiger partial charge in [0.05, 0.1) is 17.4 Å². The van der Waals surface area contributed by atoms with Gasteiger partial charge in [-0.15, -0.1) is 0 Å². The Labute approximate surface area is 178 Å². The maximum absolute atomic E-state index is 12.7. The molecule has 1 unspecified atom stereocenters. The number of nitrogens with one attached hydrogen (secondary N) is 3. The number of carbonyl (C=O) groups excluding carboxylic acids is 2. The van der Waals surface area contributed by atoms with Crippen LogP contribution in [0.4, 0.5) is 5.69 Å². The second-order valence-corrected chi connectivity index (χ2v) is 8.54. The molecule has 0 aromatic heterocycles. The fourth-order valence-electron chi connectivity index (χ4n) is 3.30. The van der Waals surface area contributed by atoms with Crippen molar-refractivity contribution >= 4 is 17.5 Å². The van der Waals surface area contributed by atoms with E-state index in [0.717, 1.165) is 12.0 Å². The third-order valence-electron chi connectivity index (χ3n) is 5.23. The van der Waals surface area contributed by atoms with Crippen molar-refractivity contribution in [1.82, 2.24) is 15.5 Å². The third-order valence-corrected chi connectivity index (χ3v) is 5.23. The summed E-state index contributed by atoms with van der Waals surface area (Å²) in [6.07, 6.45) is 4.80. The second kappa shape index (κ2) is 9.03. The number of hydrogen-bond acceptors (Lipinski definition) is 4. The van der Waals surface area contributed by atoms with Crippen molar-refractivity contribution in [2.75, 3.05) is 18.9 Å². The molecule has 6 heteroatoms. The Morgan fingerprint density at radius 3 is 2.37 bits per heavy atom. The van der Waals surface area contributed by atoms with Gasteiger partial charge in [-0.3, -0.25) is 9.59 Å². The molecule has 2 amide bonds. The number of hydrogen-bond donors (Lipinski definition) is 3. The van der Waals surface area contributed by atoms with Gasteiger partial charge >= 0.3 is 0 Å². The first kappa shape index (κ1) is 21.4. The van der Waals surface area contributed by atoms with E-state index in [1.807, 2.05) is 43.7 Å². The van der Waals surface area contributed by atoms with Crippen LogP contribution in [-0.2, 0) is 5.41 Å². The molecule has 1 atom stereocenters. The maximum atomic E-state index is 12.7. The predicted octanol–water partition coefficient (Wildman–Crippen LogP) is 3.69. The largest absolute Gasteiger partial charge is 0.370 e. The molecule has 0 aliphatic carbocycles. The Kier molecular flexibility index (Phi) is 6.45. The van der Waals surface area contributed by atoms with Gasteiger partial charge < -0.3 is 20.9 Å². The highest BCUT2D eigenvalue weighted by Crippen LogP contribution is 2.23. The molecule has 1 aliphatic heterocycles. The minimum Gasteiger partial charge on any atom is -0.370 e. The topological polar surface area (TPSA) is 73.5 Å². The Hall–Kier alpha value is -3.28. The number of nitrogens with zero attached hydrogens (tertiary/aromatic N) is 1. The van der Waals surface area contributed by atoms with Gasteiger partial charge in [-0.05, 0) is 35.2 Å². The van der Waals surface area contributed by atoms with E-state index in [-0.39, 0.29) is 23.4 Å². The molecule has 0 saturated heterocycles. The molecule has 30 heavy (non-hydrogen) atoms. The van der Waals surface area contributed by atoms with Crippen molar-refractivity contribution in [3.8, 4) is 0 Å². The molecule has 6 nitrogen and oxygen atoms in total. The molecule has 0 fully saturated rings. The van der Waals surface area contributed by atoms with Gasteiger partial charge in [0.25, 0.3) is 11.8 Å². The van der Waals surface area contributed by atoms with Crippen molar-refractivity contribution in [3.63, 3.8) is 0 Å². The molecular weight excluding hydrogens is 376 g/mol. The van der Waals surface area contributed by atoms with Gasteiger partial charge in [-0.2, -0.15) is 0 Å². The molecular formula is C24H30N4O2. The van der Waals surface area contributed by atoms with Gasteiger partial charge in [-0.1, -0.05) is 45.0 Å². The quantitative estimate of drug-likeness (QED) is 0.684. The first-order valence-electron chi connectivity index (χ1n) is 10.2. The summed E-state index contributed by atoms with van der Waals surface area (Å²) in [5.41, 5.74) is 2.69. The van der Waals surface area contributed by atoms with Crippen molar-refractivity contribution < 1.29 is 9.59 Å². The lowest BCUT2D eigenvalue weighted by Gasteiger charge is -2.21. The lowest BCUT2D eigenvalue weighted by molar-refractivity contribution is 0.0951. The van der Waals surface area contributed by atoms with E-state index < -0.39 is 0 Å². The van der Waals surface area contributed by atoms with Crippen molar-refractivity contribution in [3.05, 3.63) is 77.6 Å². The Balaban J connectivity index is 1.63.